The van der Waals surface area contributed by atoms with Crippen molar-refractivity contribution in [2.75, 3.05) is 0 Å². The van der Waals surface area contributed by atoms with Crippen LogP contribution in [0.25, 0.3) is 0 Å². The lowest BCUT2D eigenvalue weighted by Crippen LogP contribution is -2.39. The summed E-state index contributed by atoms with van der Waals surface area (Å²) < 4.78 is 0. The second kappa shape index (κ2) is 6.44. The van der Waals surface area contributed by atoms with Crippen molar-refractivity contribution in [3.05, 3.63) is 0 Å². The minimum absolute atomic E-state index is 0.0994. The molecule has 0 bridgehead atoms. The minimum Gasteiger partial charge on any atom is -0.481 e. The molecular weight excluding hydrogens is 230 g/mol. The van der Waals surface area contributed by atoms with Gasteiger partial charge in [-0.05, 0) is 25.7 Å². The fourth-order valence-corrected chi connectivity index (χ4v) is 2.62. The maximum absolute atomic E-state index is 12.1. The zero-order valence-corrected chi connectivity index (χ0v) is 11.0. The van der Waals surface area contributed by atoms with Crippen LogP contribution in [-0.4, -0.2) is 23.0 Å². The van der Waals surface area contributed by atoms with Gasteiger partial charge in [-0.15, -0.1) is 12.3 Å². The van der Waals surface area contributed by atoms with Crippen molar-refractivity contribution < 1.29 is 14.7 Å². The molecule has 0 radical (unpaired) electrons. The Kier molecular flexibility index (Phi) is 5.21. The number of carbonyl (C=O) groups excluding carboxylic acids is 1. The maximum Gasteiger partial charge on any atom is 0.307 e. The summed E-state index contributed by atoms with van der Waals surface area (Å²) in [5, 5.41) is 12.0. The second-order valence-electron chi connectivity index (χ2n) is 5.11. The van der Waals surface area contributed by atoms with Gasteiger partial charge in [-0.25, -0.2) is 0 Å². The molecule has 1 rings (SSSR count). The van der Waals surface area contributed by atoms with Gasteiger partial charge in [0.25, 0.3) is 0 Å². The van der Waals surface area contributed by atoms with E-state index in [2.05, 4.69) is 11.2 Å². The van der Waals surface area contributed by atoms with Crippen LogP contribution >= 0.6 is 0 Å². The minimum atomic E-state index is -0.865. The molecule has 1 fully saturated rings. The quantitative estimate of drug-likeness (QED) is 0.730. The van der Waals surface area contributed by atoms with Gasteiger partial charge in [0.05, 0.1) is 11.8 Å². The van der Waals surface area contributed by atoms with E-state index >= 15 is 0 Å². The number of amides is 1. The predicted octanol–water partition coefficient (Wildman–Crippen LogP) is 1.65. The van der Waals surface area contributed by atoms with Crippen LogP contribution in [0.4, 0.5) is 0 Å². The van der Waals surface area contributed by atoms with Gasteiger partial charge in [-0.3, -0.25) is 9.59 Å². The molecule has 1 amide bonds. The van der Waals surface area contributed by atoms with E-state index in [0.717, 1.165) is 6.42 Å². The topological polar surface area (TPSA) is 66.4 Å². The highest BCUT2D eigenvalue weighted by atomic mass is 16.4. The van der Waals surface area contributed by atoms with E-state index in [4.69, 9.17) is 6.42 Å². The monoisotopic (exact) mass is 251 g/mol. The Morgan fingerprint density at radius 1 is 1.44 bits per heavy atom. The number of hydrogen-bond acceptors (Lipinski definition) is 2. The number of aliphatic carboxylic acids is 1. The third-order valence-corrected chi connectivity index (χ3v) is 3.70. The lowest BCUT2D eigenvalue weighted by Gasteiger charge is -2.18. The Morgan fingerprint density at radius 2 is 2.06 bits per heavy atom. The standard InChI is InChI=1S/C14H21NO3/c1-4-6-9(3)15-13(16)11-7-10(5-2)8-12(11)14(17)18/h1,9-12H,5-8H2,2-3H3,(H,15,16)(H,17,18)/t9?,10?,11-,12+/m0/s1. The van der Waals surface area contributed by atoms with Crippen LogP contribution in [0.3, 0.4) is 0 Å². The molecule has 1 aliphatic carbocycles. The number of carboxylic acid groups (broad SMARTS) is 1. The van der Waals surface area contributed by atoms with Crippen molar-refractivity contribution in [3.63, 3.8) is 0 Å². The van der Waals surface area contributed by atoms with Crippen molar-refractivity contribution in [2.24, 2.45) is 17.8 Å². The van der Waals surface area contributed by atoms with Gasteiger partial charge in [0.2, 0.25) is 5.91 Å². The van der Waals surface area contributed by atoms with E-state index in [1.807, 2.05) is 13.8 Å². The zero-order valence-electron chi connectivity index (χ0n) is 11.0. The average Bonchev–Trinajstić information content (AvgIpc) is 2.73. The average molecular weight is 251 g/mol. The van der Waals surface area contributed by atoms with Crippen LogP contribution < -0.4 is 5.32 Å². The lowest BCUT2D eigenvalue weighted by atomic mass is 9.95. The summed E-state index contributed by atoms with van der Waals surface area (Å²) >= 11 is 0. The van der Waals surface area contributed by atoms with Crippen LogP contribution in [0.1, 0.15) is 39.5 Å². The second-order valence-corrected chi connectivity index (χ2v) is 5.11. The summed E-state index contributed by atoms with van der Waals surface area (Å²) in [6.45, 7) is 3.87. The first-order valence-corrected chi connectivity index (χ1v) is 6.46. The first-order chi connectivity index (χ1) is 8.49. The molecule has 1 aliphatic rings. The first kappa shape index (κ1) is 14.6. The van der Waals surface area contributed by atoms with E-state index in [1.165, 1.54) is 0 Å². The van der Waals surface area contributed by atoms with Gasteiger partial charge in [0, 0.05) is 12.5 Å². The Morgan fingerprint density at radius 3 is 2.56 bits per heavy atom. The van der Waals surface area contributed by atoms with Gasteiger partial charge >= 0.3 is 5.97 Å². The molecule has 0 saturated heterocycles. The molecule has 0 aromatic heterocycles. The summed E-state index contributed by atoms with van der Waals surface area (Å²) in [5.41, 5.74) is 0. The highest BCUT2D eigenvalue weighted by Gasteiger charge is 2.42. The molecule has 18 heavy (non-hydrogen) atoms. The van der Waals surface area contributed by atoms with E-state index < -0.39 is 17.8 Å². The van der Waals surface area contributed by atoms with Crippen molar-refractivity contribution in [2.45, 2.75) is 45.6 Å². The molecule has 2 N–H and O–H groups in total. The molecule has 2 unspecified atom stereocenters. The molecule has 0 aliphatic heterocycles. The van der Waals surface area contributed by atoms with Crippen molar-refractivity contribution in [3.8, 4) is 12.3 Å². The zero-order chi connectivity index (χ0) is 13.7. The van der Waals surface area contributed by atoms with E-state index in [1.54, 1.807) is 0 Å². The maximum atomic E-state index is 12.1. The molecule has 0 spiro atoms. The summed E-state index contributed by atoms with van der Waals surface area (Å²) in [5.74, 6) is 0.836. The third kappa shape index (κ3) is 3.49. The van der Waals surface area contributed by atoms with Gasteiger partial charge in [-0.1, -0.05) is 13.3 Å². The summed E-state index contributed by atoms with van der Waals surface area (Å²) in [6.07, 6.45) is 7.85. The molecular formula is C14H21NO3. The molecule has 4 heteroatoms. The third-order valence-electron chi connectivity index (χ3n) is 3.70. The largest absolute Gasteiger partial charge is 0.481 e. The van der Waals surface area contributed by atoms with Crippen LogP contribution in [0.15, 0.2) is 0 Å². The fourth-order valence-electron chi connectivity index (χ4n) is 2.62. The van der Waals surface area contributed by atoms with Crippen molar-refractivity contribution >= 4 is 11.9 Å². The molecule has 100 valence electrons. The smallest absolute Gasteiger partial charge is 0.307 e. The van der Waals surface area contributed by atoms with Crippen LogP contribution in [0.2, 0.25) is 0 Å². The van der Waals surface area contributed by atoms with E-state index in [9.17, 15) is 14.7 Å². The molecule has 0 aromatic rings. The summed E-state index contributed by atoms with van der Waals surface area (Å²) in [7, 11) is 0. The Labute approximate surface area is 108 Å². The number of rotatable bonds is 5. The number of carbonyl (C=O) groups is 2. The highest BCUT2D eigenvalue weighted by molar-refractivity contribution is 5.85. The van der Waals surface area contributed by atoms with Crippen molar-refractivity contribution in [1.29, 1.82) is 0 Å². The summed E-state index contributed by atoms with van der Waals surface area (Å²) in [4.78, 5) is 23.2. The normalized spacial score (nSPS) is 28.4. The SMILES string of the molecule is C#CCC(C)NC(=O)[C@H]1CC(CC)C[C@H]1C(=O)O. The van der Waals surface area contributed by atoms with E-state index in [-0.39, 0.29) is 11.9 Å². The molecule has 0 heterocycles. The Balaban J connectivity index is 2.65. The lowest BCUT2D eigenvalue weighted by molar-refractivity contribution is -0.146. The van der Waals surface area contributed by atoms with E-state index in [0.29, 0.717) is 25.2 Å². The molecule has 0 aromatic carbocycles. The van der Waals surface area contributed by atoms with Crippen molar-refractivity contribution in [1.82, 2.24) is 5.32 Å². The van der Waals surface area contributed by atoms with Crippen LogP contribution in [-0.2, 0) is 9.59 Å². The predicted molar refractivity (Wildman–Crippen MR) is 68.7 cm³/mol. The number of nitrogens with one attached hydrogen (secondary N) is 1. The number of carboxylic acids is 1. The first-order valence-electron chi connectivity index (χ1n) is 6.46. The molecule has 1 saturated carbocycles. The van der Waals surface area contributed by atoms with Gasteiger partial charge in [0.15, 0.2) is 0 Å². The molecule has 4 nitrogen and oxygen atoms in total. The van der Waals surface area contributed by atoms with Gasteiger partial charge in [0.1, 0.15) is 0 Å². The fraction of sp³-hybridized carbons (Fsp3) is 0.714. The van der Waals surface area contributed by atoms with Gasteiger partial charge < -0.3 is 10.4 Å². The summed E-state index contributed by atoms with van der Waals surface area (Å²) in [6, 6.07) is -0.0994. The van der Waals surface area contributed by atoms with Crippen LogP contribution in [0.5, 0.6) is 0 Å². The molecule has 4 atom stereocenters. The Hall–Kier alpha value is -1.50. The van der Waals surface area contributed by atoms with Crippen LogP contribution in [0, 0.1) is 30.1 Å². The Bertz CT molecular complexity index is 359. The van der Waals surface area contributed by atoms with Gasteiger partial charge in [-0.2, -0.15) is 0 Å². The highest BCUT2D eigenvalue weighted by Crippen LogP contribution is 2.38. The number of hydrogen-bond donors (Lipinski definition) is 2. The number of terminal acetylenes is 1.